The summed E-state index contributed by atoms with van der Waals surface area (Å²) in [6.07, 6.45) is 3.25. The van der Waals surface area contributed by atoms with Gasteiger partial charge in [0.25, 0.3) is 5.56 Å². The Morgan fingerprint density at radius 2 is 1.75 bits per heavy atom. The minimum Gasteiger partial charge on any atom is -0.342 e. The predicted octanol–water partition coefficient (Wildman–Crippen LogP) is 3.22. The molecule has 0 saturated carbocycles. The molecule has 0 unspecified atom stereocenters. The van der Waals surface area contributed by atoms with Crippen molar-refractivity contribution in [2.75, 3.05) is 19.6 Å². The SMILES string of the molecule is O=C(Cc1cccs1)N1CCc2nc3cc([C@@H]4CCCN(C(=O)Cc5cccs5)C4)[nH]n3c(=O)c2C1. The number of fused-ring (bicyclic) bond motifs is 2. The summed E-state index contributed by atoms with van der Waals surface area (Å²) in [5, 5.41) is 7.24. The number of piperidine rings is 1. The Balaban J connectivity index is 1.20. The van der Waals surface area contributed by atoms with Crippen LogP contribution >= 0.6 is 22.7 Å². The van der Waals surface area contributed by atoms with Gasteiger partial charge in [-0.25, -0.2) is 9.50 Å². The predicted molar refractivity (Wildman–Crippen MR) is 140 cm³/mol. The summed E-state index contributed by atoms with van der Waals surface area (Å²) in [6, 6.07) is 9.83. The fraction of sp³-hybridized carbons (Fsp3) is 0.385. The lowest BCUT2D eigenvalue weighted by Gasteiger charge is -2.32. The van der Waals surface area contributed by atoms with Crippen LogP contribution in [0, 0.1) is 0 Å². The minimum atomic E-state index is -0.142. The number of likely N-dealkylation sites (tertiary alicyclic amines) is 1. The molecule has 2 aliphatic rings. The second-order valence-electron chi connectivity index (χ2n) is 9.50. The molecule has 1 fully saturated rings. The third kappa shape index (κ3) is 4.51. The third-order valence-corrected chi connectivity index (χ3v) is 8.91. The lowest BCUT2D eigenvalue weighted by atomic mass is 9.94. The van der Waals surface area contributed by atoms with Gasteiger partial charge >= 0.3 is 0 Å². The fourth-order valence-electron chi connectivity index (χ4n) is 5.23. The van der Waals surface area contributed by atoms with Crippen molar-refractivity contribution in [3.63, 3.8) is 0 Å². The monoisotopic (exact) mass is 521 g/mol. The van der Waals surface area contributed by atoms with Crippen LogP contribution in [0.3, 0.4) is 0 Å². The van der Waals surface area contributed by atoms with Gasteiger partial charge in [-0.3, -0.25) is 19.5 Å². The van der Waals surface area contributed by atoms with Crippen LogP contribution < -0.4 is 5.56 Å². The van der Waals surface area contributed by atoms with Gasteiger partial charge < -0.3 is 9.80 Å². The number of hydrogen-bond acceptors (Lipinski definition) is 6. The van der Waals surface area contributed by atoms with Gasteiger partial charge in [-0.2, -0.15) is 0 Å². The molecule has 8 nitrogen and oxygen atoms in total. The van der Waals surface area contributed by atoms with Crippen LogP contribution in [0.5, 0.6) is 0 Å². The first-order chi connectivity index (χ1) is 17.5. The van der Waals surface area contributed by atoms with Crippen molar-refractivity contribution in [1.29, 1.82) is 0 Å². The number of hydrogen-bond donors (Lipinski definition) is 1. The highest BCUT2D eigenvalue weighted by Crippen LogP contribution is 2.28. The molecule has 4 aromatic heterocycles. The normalized spacial score (nSPS) is 17.9. The van der Waals surface area contributed by atoms with Crippen LogP contribution in [-0.2, 0) is 35.4 Å². The van der Waals surface area contributed by atoms with E-state index in [0.717, 1.165) is 40.5 Å². The van der Waals surface area contributed by atoms with Gasteiger partial charge in [-0.1, -0.05) is 12.1 Å². The Morgan fingerprint density at radius 3 is 2.44 bits per heavy atom. The van der Waals surface area contributed by atoms with Crippen molar-refractivity contribution in [3.05, 3.63) is 78.2 Å². The highest BCUT2D eigenvalue weighted by atomic mass is 32.1. The number of aromatic amines is 1. The Kier molecular flexibility index (Phi) is 6.22. The molecule has 0 aromatic carbocycles. The lowest BCUT2D eigenvalue weighted by Crippen LogP contribution is -2.41. The first-order valence-electron chi connectivity index (χ1n) is 12.3. The second-order valence-corrected chi connectivity index (χ2v) is 11.6. The summed E-state index contributed by atoms with van der Waals surface area (Å²) in [4.78, 5) is 49.7. The summed E-state index contributed by atoms with van der Waals surface area (Å²) in [5.74, 6) is 0.318. The van der Waals surface area contributed by atoms with Crippen LogP contribution in [0.2, 0.25) is 0 Å². The Labute approximate surface area is 216 Å². The van der Waals surface area contributed by atoms with Crippen molar-refractivity contribution in [3.8, 4) is 0 Å². The number of nitrogens with one attached hydrogen (secondary N) is 1. The molecule has 10 heteroatoms. The van der Waals surface area contributed by atoms with Crippen LogP contribution in [-0.4, -0.2) is 55.8 Å². The molecule has 2 aliphatic heterocycles. The van der Waals surface area contributed by atoms with Gasteiger partial charge in [0.15, 0.2) is 5.65 Å². The maximum Gasteiger partial charge on any atom is 0.277 e. The Hall–Kier alpha value is -3.24. The number of nitrogens with zero attached hydrogens (tertiary/aromatic N) is 4. The van der Waals surface area contributed by atoms with Crippen LogP contribution in [0.1, 0.15) is 45.5 Å². The van der Waals surface area contributed by atoms with E-state index >= 15 is 0 Å². The van der Waals surface area contributed by atoms with E-state index in [2.05, 4.69) is 5.10 Å². The topological polar surface area (TPSA) is 90.8 Å². The average Bonchev–Trinajstić information content (AvgIpc) is 3.67. The molecule has 186 valence electrons. The second kappa shape index (κ2) is 9.67. The van der Waals surface area contributed by atoms with Gasteiger partial charge in [0, 0.05) is 53.5 Å². The van der Waals surface area contributed by atoms with Crippen molar-refractivity contribution >= 4 is 40.1 Å². The van der Waals surface area contributed by atoms with E-state index in [0.29, 0.717) is 43.6 Å². The zero-order valence-electron chi connectivity index (χ0n) is 19.8. The molecule has 0 bridgehead atoms. The molecule has 2 amide bonds. The van der Waals surface area contributed by atoms with E-state index in [1.54, 1.807) is 27.6 Å². The van der Waals surface area contributed by atoms with Crippen LogP contribution in [0.4, 0.5) is 0 Å². The number of carbonyl (C=O) groups is 2. The molecule has 0 aliphatic carbocycles. The van der Waals surface area contributed by atoms with Crippen LogP contribution in [0.25, 0.3) is 5.65 Å². The van der Waals surface area contributed by atoms with Crippen molar-refractivity contribution in [2.24, 2.45) is 0 Å². The van der Waals surface area contributed by atoms with E-state index in [-0.39, 0.29) is 29.8 Å². The van der Waals surface area contributed by atoms with Crippen molar-refractivity contribution in [2.45, 2.75) is 44.6 Å². The first-order valence-corrected chi connectivity index (χ1v) is 14.0. The summed E-state index contributed by atoms with van der Waals surface area (Å²) in [5.41, 5.74) is 2.76. The maximum absolute atomic E-state index is 13.4. The third-order valence-electron chi connectivity index (χ3n) is 7.16. The molecule has 1 N–H and O–H groups in total. The minimum absolute atomic E-state index is 0.0364. The van der Waals surface area contributed by atoms with Gasteiger partial charge in [-0.05, 0) is 35.7 Å². The number of aromatic nitrogens is 3. The van der Waals surface area contributed by atoms with Crippen molar-refractivity contribution < 1.29 is 9.59 Å². The molecular formula is C26H27N5O3S2. The molecule has 1 saturated heterocycles. The van der Waals surface area contributed by atoms with Gasteiger partial charge in [0.05, 0.1) is 30.6 Å². The zero-order valence-corrected chi connectivity index (χ0v) is 21.4. The molecule has 6 heterocycles. The highest BCUT2D eigenvalue weighted by Gasteiger charge is 2.29. The number of rotatable bonds is 5. The number of thiophene rings is 2. The standard InChI is InChI=1S/C26H27N5O3S2/c32-24(12-18-5-2-10-35-18)29-8-1-4-17(15-29)22-14-23-27-21-7-9-30(16-20(21)26(34)31(23)28-22)25(33)13-19-6-3-11-36-19/h2-3,5-6,10-11,14,17,28H,1,4,7-9,12-13,15-16H2/t17-/m1/s1. The fourth-order valence-corrected chi connectivity index (χ4v) is 6.62. The summed E-state index contributed by atoms with van der Waals surface area (Å²) < 4.78 is 1.51. The molecule has 4 aromatic rings. The molecule has 0 radical (unpaired) electrons. The van der Waals surface area contributed by atoms with Gasteiger partial charge in [0.1, 0.15) is 0 Å². The highest BCUT2D eigenvalue weighted by molar-refractivity contribution is 7.10. The van der Waals surface area contributed by atoms with E-state index in [1.165, 1.54) is 4.52 Å². The molecular weight excluding hydrogens is 494 g/mol. The Bertz CT molecular complexity index is 1450. The van der Waals surface area contributed by atoms with Crippen LogP contribution in [0.15, 0.2) is 45.9 Å². The van der Waals surface area contributed by atoms with E-state index < -0.39 is 0 Å². The number of amides is 2. The molecule has 1 atom stereocenters. The zero-order chi connectivity index (χ0) is 24.6. The first kappa shape index (κ1) is 23.2. The van der Waals surface area contributed by atoms with Crippen molar-refractivity contribution in [1.82, 2.24) is 24.4 Å². The smallest absolute Gasteiger partial charge is 0.277 e. The molecule has 0 spiro atoms. The lowest BCUT2D eigenvalue weighted by molar-refractivity contribution is -0.132. The number of H-pyrrole nitrogens is 1. The summed E-state index contributed by atoms with van der Waals surface area (Å²) in [7, 11) is 0. The summed E-state index contributed by atoms with van der Waals surface area (Å²) in [6.45, 7) is 2.26. The maximum atomic E-state index is 13.4. The van der Waals surface area contributed by atoms with Gasteiger partial charge in [0.2, 0.25) is 11.8 Å². The molecule has 36 heavy (non-hydrogen) atoms. The quantitative estimate of drug-likeness (QED) is 0.437. The van der Waals surface area contributed by atoms with E-state index in [1.807, 2.05) is 46.0 Å². The van der Waals surface area contributed by atoms with E-state index in [4.69, 9.17) is 4.98 Å². The molecule has 6 rings (SSSR count). The number of carbonyl (C=O) groups excluding carboxylic acids is 2. The van der Waals surface area contributed by atoms with Gasteiger partial charge in [-0.15, -0.1) is 22.7 Å². The summed E-state index contributed by atoms with van der Waals surface area (Å²) >= 11 is 3.18. The largest absolute Gasteiger partial charge is 0.342 e. The van der Waals surface area contributed by atoms with E-state index in [9.17, 15) is 14.4 Å². The average molecular weight is 522 g/mol. The Morgan fingerprint density at radius 1 is 1.03 bits per heavy atom.